The van der Waals surface area contributed by atoms with Crippen LogP contribution in [-0.2, 0) is 4.74 Å². The molecule has 2 heterocycles. The molecule has 20 heavy (non-hydrogen) atoms. The van der Waals surface area contributed by atoms with Crippen molar-refractivity contribution in [1.29, 1.82) is 0 Å². The van der Waals surface area contributed by atoms with E-state index in [1.165, 1.54) is 24.3 Å². The van der Waals surface area contributed by atoms with Crippen LogP contribution in [0.15, 0.2) is 6.07 Å². The topological polar surface area (TPSA) is 72.7 Å². The molecular formula is C13H18N2O4S. The van der Waals surface area contributed by atoms with Gasteiger partial charge in [0.05, 0.1) is 16.4 Å². The van der Waals surface area contributed by atoms with E-state index in [1.54, 1.807) is 0 Å². The van der Waals surface area contributed by atoms with Crippen molar-refractivity contribution in [1.82, 2.24) is 0 Å². The Kier molecular flexibility index (Phi) is 4.72. The number of hydrogen-bond acceptors (Lipinski definition) is 6. The predicted octanol–water partition coefficient (Wildman–Crippen LogP) is 2.72. The van der Waals surface area contributed by atoms with E-state index in [-0.39, 0.29) is 11.5 Å². The first-order valence-corrected chi connectivity index (χ1v) is 7.38. The van der Waals surface area contributed by atoms with Crippen LogP contribution in [0.5, 0.6) is 0 Å². The Labute approximate surface area is 121 Å². The van der Waals surface area contributed by atoms with Gasteiger partial charge in [-0.2, -0.15) is 0 Å². The molecule has 1 aliphatic rings. The number of ether oxygens (including phenoxy) is 1. The van der Waals surface area contributed by atoms with Crippen LogP contribution < -0.4 is 4.90 Å². The van der Waals surface area contributed by atoms with Gasteiger partial charge in [0.1, 0.15) is 0 Å². The van der Waals surface area contributed by atoms with Crippen molar-refractivity contribution in [2.45, 2.75) is 19.8 Å². The van der Waals surface area contributed by atoms with Crippen LogP contribution >= 0.6 is 11.3 Å². The summed E-state index contributed by atoms with van der Waals surface area (Å²) in [6, 6.07) is 1.37. The molecule has 0 N–H and O–H groups in total. The van der Waals surface area contributed by atoms with Gasteiger partial charge in [0.25, 0.3) is 0 Å². The molecule has 0 radical (unpaired) electrons. The number of hydrogen-bond donors (Lipinski definition) is 0. The second-order valence-corrected chi connectivity index (χ2v) is 6.11. The number of carbonyl (C=O) groups excluding carboxylic acids is 1. The molecule has 0 saturated carbocycles. The lowest BCUT2D eigenvalue weighted by Crippen LogP contribution is -2.30. The van der Waals surface area contributed by atoms with Crippen LogP contribution in [0, 0.1) is 16.0 Å². The standard InChI is InChI=1S/C13H18N2O4S/c1-9(16)12-6-11(15(17)18)13(20-12)14(2)7-10-4-3-5-19-8-10/h6,10H,3-5,7-8H2,1-2H3. The Hall–Kier alpha value is -1.47. The number of nitro groups is 1. The van der Waals surface area contributed by atoms with Gasteiger partial charge >= 0.3 is 5.69 Å². The minimum absolute atomic E-state index is 0.0134. The average molecular weight is 298 g/mol. The molecule has 1 aromatic rings. The van der Waals surface area contributed by atoms with Crippen molar-refractivity contribution in [2.24, 2.45) is 5.92 Å². The van der Waals surface area contributed by atoms with Crippen molar-refractivity contribution in [3.63, 3.8) is 0 Å². The van der Waals surface area contributed by atoms with E-state index in [0.717, 1.165) is 19.4 Å². The van der Waals surface area contributed by atoms with E-state index < -0.39 is 4.92 Å². The number of ketones is 1. The molecule has 0 amide bonds. The molecular weight excluding hydrogens is 280 g/mol. The molecule has 1 saturated heterocycles. The highest BCUT2D eigenvalue weighted by molar-refractivity contribution is 7.18. The van der Waals surface area contributed by atoms with Gasteiger partial charge in [-0.15, -0.1) is 11.3 Å². The Morgan fingerprint density at radius 2 is 2.40 bits per heavy atom. The molecule has 7 heteroatoms. The van der Waals surface area contributed by atoms with Gasteiger partial charge in [-0.25, -0.2) is 0 Å². The highest BCUT2D eigenvalue weighted by Gasteiger charge is 2.25. The minimum Gasteiger partial charge on any atom is -0.381 e. The van der Waals surface area contributed by atoms with E-state index in [1.807, 2.05) is 11.9 Å². The van der Waals surface area contributed by atoms with E-state index in [4.69, 9.17) is 4.74 Å². The maximum Gasteiger partial charge on any atom is 0.304 e. The zero-order valence-corrected chi connectivity index (χ0v) is 12.4. The largest absolute Gasteiger partial charge is 0.381 e. The SMILES string of the molecule is CC(=O)c1cc([N+](=O)[O-])c(N(C)CC2CCCOC2)s1. The molecule has 0 aromatic carbocycles. The van der Waals surface area contributed by atoms with Gasteiger partial charge in [0, 0.05) is 26.3 Å². The van der Waals surface area contributed by atoms with Crippen LogP contribution in [0.1, 0.15) is 29.4 Å². The lowest BCUT2D eigenvalue weighted by Gasteiger charge is -2.27. The first-order valence-electron chi connectivity index (χ1n) is 6.57. The number of anilines is 1. The summed E-state index contributed by atoms with van der Waals surface area (Å²) in [5.74, 6) is 0.245. The van der Waals surface area contributed by atoms with Crippen LogP contribution in [-0.4, -0.2) is 37.5 Å². The van der Waals surface area contributed by atoms with E-state index in [2.05, 4.69) is 0 Å². The molecule has 0 spiro atoms. The summed E-state index contributed by atoms with van der Waals surface area (Å²) >= 11 is 1.19. The molecule has 0 bridgehead atoms. The Bertz CT molecular complexity index is 508. The lowest BCUT2D eigenvalue weighted by molar-refractivity contribution is -0.383. The Morgan fingerprint density at radius 1 is 1.65 bits per heavy atom. The zero-order chi connectivity index (χ0) is 14.7. The smallest absolute Gasteiger partial charge is 0.304 e. The van der Waals surface area contributed by atoms with Crippen molar-refractivity contribution >= 4 is 27.8 Å². The van der Waals surface area contributed by atoms with Crippen molar-refractivity contribution < 1.29 is 14.5 Å². The zero-order valence-electron chi connectivity index (χ0n) is 11.6. The van der Waals surface area contributed by atoms with Crippen LogP contribution in [0.2, 0.25) is 0 Å². The second-order valence-electron chi connectivity index (χ2n) is 5.08. The van der Waals surface area contributed by atoms with Gasteiger partial charge < -0.3 is 9.64 Å². The molecule has 110 valence electrons. The molecule has 6 nitrogen and oxygen atoms in total. The molecule has 1 fully saturated rings. The average Bonchev–Trinajstić information content (AvgIpc) is 2.85. The van der Waals surface area contributed by atoms with Gasteiger partial charge in [0.15, 0.2) is 10.8 Å². The molecule has 1 aromatic heterocycles. The van der Waals surface area contributed by atoms with E-state index in [9.17, 15) is 14.9 Å². The third kappa shape index (κ3) is 3.34. The third-order valence-corrected chi connectivity index (χ3v) is 4.71. The highest BCUT2D eigenvalue weighted by Crippen LogP contribution is 2.37. The lowest BCUT2D eigenvalue weighted by atomic mass is 10.0. The van der Waals surface area contributed by atoms with Crippen LogP contribution in [0.3, 0.4) is 0 Å². The van der Waals surface area contributed by atoms with E-state index in [0.29, 0.717) is 28.9 Å². The Balaban J connectivity index is 2.16. The highest BCUT2D eigenvalue weighted by atomic mass is 32.1. The summed E-state index contributed by atoms with van der Waals surface area (Å²) in [6.45, 7) is 3.63. The predicted molar refractivity (Wildman–Crippen MR) is 77.8 cm³/mol. The third-order valence-electron chi connectivity index (χ3n) is 3.37. The summed E-state index contributed by atoms with van der Waals surface area (Å²) in [6.07, 6.45) is 2.10. The van der Waals surface area contributed by atoms with Crippen molar-refractivity contribution in [3.8, 4) is 0 Å². The second kappa shape index (κ2) is 6.32. The quantitative estimate of drug-likeness (QED) is 0.475. The Morgan fingerprint density at radius 3 is 2.95 bits per heavy atom. The molecule has 2 rings (SSSR count). The fourth-order valence-corrected chi connectivity index (χ4v) is 3.36. The maximum atomic E-state index is 11.4. The molecule has 1 atom stereocenters. The minimum atomic E-state index is -0.424. The van der Waals surface area contributed by atoms with Gasteiger partial charge in [-0.05, 0) is 25.7 Å². The fourth-order valence-electron chi connectivity index (χ4n) is 2.37. The van der Waals surface area contributed by atoms with Gasteiger partial charge in [0.2, 0.25) is 0 Å². The molecule has 1 aliphatic heterocycles. The van der Waals surface area contributed by atoms with Gasteiger partial charge in [-0.3, -0.25) is 14.9 Å². The number of carbonyl (C=O) groups is 1. The summed E-state index contributed by atoms with van der Waals surface area (Å²) in [4.78, 5) is 24.4. The maximum absolute atomic E-state index is 11.4. The van der Waals surface area contributed by atoms with Gasteiger partial charge in [-0.1, -0.05) is 0 Å². The van der Waals surface area contributed by atoms with Crippen LogP contribution in [0.4, 0.5) is 10.7 Å². The first-order chi connectivity index (χ1) is 9.49. The normalized spacial score (nSPS) is 18.8. The summed E-state index contributed by atoms with van der Waals surface area (Å²) in [5.41, 5.74) is 0.0134. The summed E-state index contributed by atoms with van der Waals surface area (Å²) in [5, 5.41) is 11.7. The van der Waals surface area contributed by atoms with Crippen LogP contribution in [0.25, 0.3) is 0 Å². The summed E-state index contributed by atoms with van der Waals surface area (Å²) in [7, 11) is 1.83. The number of Topliss-reactive ketones (excluding diaryl/α,β-unsaturated/α-hetero) is 1. The first kappa shape index (κ1) is 14.9. The number of nitrogens with zero attached hydrogens (tertiary/aromatic N) is 2. The fraction of sp³-hybridized carbons (Fsp3) is 0.615. The molecule has 0 aliphatic carbocycles. The monoisotopic (exact) mass is 298 g/mol. The number of rotatable bonds is 5. The number of thiophene rings is 1. The van der Waals surface area contributed by atoms with Crippen molar-refractivity contribution in [2.75, 3.05) is 31.7 Å². The molecule has 1 unspecified atom stereocenters. The summed E-state index contributed by atoms with van der Waals surface area (Å²) < 4.78 is 5.43. The van der Waals surface area contributed by atoms with Crippen molar-refractivity contribution in [3.05, 3.63) is 21.1 Å². The van der Waals surface area contributed by atoms with E-state index >= 15 is 0 Å².